The number of nitrogens with zero attached hydrogens (tertiary/aromatic N) is 1. The molecule has 116 valence electrons. The monoisotopic (exact) mass is 313 g/mol. The lowest BCUT2D eigenvalue weighted by Gasteiger charge is -2.33. The van der Waals surface area contributed by atoms with E-state index in [4.69, 9.17) is 5.11 Å². The lowest BCUT2D eigenvalue weighted by molar-refractivity contribution is -0.136. The van der Waals surface area contributed by atoms with Crippen LogP contribution >= 0.6 is 0 Å². The highest BCUT2D eigenvalue weighted by atomic mass is 32.2. The Hall–Kier alpha value is -1.44. The molecular formula is C14H19NO5S. The maximum atomic E-state index is 12.5. The topological polar surface area (TPSA) is 94.9 Å². The van der Waals surface area contributed by atoms with Crippen LogP contribution in [0.4, 0.5) is 0 Å². The highest BCUT2D eigenvalue weighted by Gasteiger charge is 2.32. The van der Waals surface area contributed by atoms with Crippen molar-refractivity contribution >= 4 is 16.0 Å². The molecule has 0 saturated carbocycles. The molecule has 0 aromatic heterocycles. The summed E-state index contributed by atoms with van der Waals surface area (Å²) in [6.45, 7) is 2.38. The summed E-state index contributed by atoms with van der Waals surface area (Å²) in [4.78, 5) is 10.7. The minimum Gasteiger partial charge on any atom is -0.481 e. The van der Waals surface area contributed by atoms with Gasteiger partial charge in [0.2, 0.25) is 10.0 Å². The highest BCUT2D eigenvalue weighted by molar-refractivity contribution is 7.89. The molecule has 0 spiro atoms. The quantitative estimate of drug-likeness (QED) is 0.853. The third-order valence-electron chi connectivity index (χ3n) is 3.80. The predicted molar refractivity (Wildman–Crippen MR) is 76.3 cm³/mol. The summed E-state index contributed by atoms with van der Waals surface area (Å²) in [6, 6.07) is 5.84. The second-order valence-electron chi connectivity index (χ2n) is 5.41. The van der Waals surface area contributed by atoms with E-state index in [9.17, 15) is 18.3 Å². The zero-order valence-electron chi connectivity index (χ0n) is 11.8. The zero-order valence-corrected chi connectivity index (χ0v) is 12.6. The minimum atomic E-state index is -3.64. The van der Waals surface area contributed by atoms with E-state index in [0.29, 0.717) is 18.5 Å². The first kappa shape index (κ1) is 15.9. The van der Waals surface area contributed by atoms with Crippen molar-refractivity contribution in [2.45, 2.75) is 30.8 Å². The Bertz CT molecular complexity index is 611. The number of carbonyl (C=O) groups is 1. The molecule has 1 saturated heterocycles. The molecule has 6 nitrogen and oxygen atoms in total. The Labute approximate surface area is 124 Å². The average Bonchev–Trinajstić information content (AvgIpc) is 2.41. The summed E-state index contributed by atoms with van der Waals surface area (Å²) in [5.74, 6) is -0.867. The van der Waals surface area contributed by atoms with Crippen LogP contribution in [0.2, 0.25) is 0 Å². The van der Waals surface area contributed by atoms with Gasteiger partial charge in [-0.05, 0) is 30.0 Å². The van der Waals surface area contributed by atoms with Crippen molar-refractivity contribution in [2.75, 3.05) is 13.1 Å². The van der Waals surface area contributed by atoms with E-state index >= 15 is 0 Å². The van der Waals surface area contributed by atoms with Gasteiger partial charge in [0.1, 0.15) is 0 Å². The lowest BCUT2D eigenvalue weighted by Crippen LogP contribution is -2.45. The number of aliphatic hydroxyl groups is 1. The first-order valence-electron chi connectivity index (χ1n) is 6.79. The van der Waals surface area contributed by atoms with Gasteiger partial charge >= 0.3 is 5.97 Å². The number of carboxylic acid groups (broad SMARTS) is 1. The SMILES string of the molecule is CC1CCN(S(=O)(=O)c2ccc(CC(=O)O)cc2)CC1O. The molecule has 0 amide bonds. The number of β-amino-alcohol motifs (C(OH)–C–C–N with tert-alkyl or cyclic N) is 1. The molecular weight excluding hydrogens is 294 g/mol. The lowest BCUT2D eigenvalue weighted by atomic mass is 9.98. The van der Waals surface area contributed by atoms with Crippen LogP contribution in [-0.2, 0) is 21.2 Å². The van der Waals surface area contributed by atoms with Gasteiger partial charge < -0.3 is 10.2 Å². The standard InChI is InChI=1S/C14H19NO5S/c1-10-6-7-15(9-13(10)16)21(19,20)12-4-2-11(3-5-12)8-14(17)18/h2-5,10,13,16H,6-9H2,1H3,(H,17,18). The number of aliphatic hydroxyl groups excluding tert-OH is 1. The highest BCUT2D eigenvalue weighted by Crippen LogP contribution is 2.24. The second-order valence-corrected chi connectivity index (χ2v) is 7.35. The van der Waals surface area contributed by atoms with Crippen LogP contribution in [0.1, 0.15) is 18.9 Å². The van der Waals surface area contributed by atoms with Gasteiger partial charge in [0.25, 0.3) is 0 Å². The van der Waals surface area contributed by atoms with Gasteiger partial charge in [0, 0.05) is 13.1 Å². The van der Waals surface area contributed by atoms with E-state index in [1.165, 1.54) is 28.6 Å². The first-order chi connectivity index (χ1) is 9.80. The van der Waals surface area contributed by atoms with Crippen molar-refractivity contribution in [3.8, 4) is 0 Å². The maximum Gasteiger partial charge on any atom is 0.307 e. The maximum absolute atomic E-state index is 12.5. The van der Waals surface area contributed by atoms with E-state index in [1.807, 2.05) is 6.92 Å². The molecule has 2 unspecified atom stereocenters. The van der Waals surface area contributed by atoms with Crippen LogP contribution in [0.3, 0.4) is 0 Å². The third kappa shape index (κ3) is 3.61. The molecule has 0 bridgehead atoms. The number of piperidine rings is 1. The average molecular weight is 313 g/mol. The fraction of sp³-hybridized carbons (Fsp3) is 0.500. The van der Waals surface area contributed by atoms with Gasteiger partial charge in [-0.25, -0.2) is 8.42 Å². The van der Waals surface area contributed by atoms with Crippen molar-refractivity contribution in [1.82, 2.24) is 4.31 Å². The van der Waals surface area contributed by atoms with Crippen molar-refractivity contribution in [3.63, 3.8) is 0 Å². The van der Waals surface area contributed by atoms with E-state index < -0.39 is 22.1 Å². The molecule has 21 heavy (non-hydrogen) atoms. The number of carboxylic acids is 1. The van der Waals surface area contributed by atoms with E-state index in [0.717, 1.165) is 0 Å². The summed E-state index contributed by atoms with van der Waals surface area (Å²) < 4.78 is 26.2. The number of sulfonamides is 1. The van der Waals surface area contributed by atoms with Gasteiger partial charge in [-0.1, -0.05) is 19.1 Å². The molecule has 1 fully saturated rings. The predicted octanol–water partition coefficient (Wildman–Crippen LogP) is 0.705. The normalized spacial score (nSPS) is 23.9. The van der Waals surface area contributed by atoms with Gasteiger partial charge in [0.15, 0.2) is 0 Å². The Kier molecular flexibility index (Phi) is 4.65. The van der Waals surface area contributed by atoms with E-state index in [1.54, 1.807) is 0 Å². The van der Waals surface area contributed by atoms with Crippen LogP contribution in [0.25, 0.3) is 0 Å². The van der Waals surface area contributed by atoms with Gasteiger partial charge in [-0.15, -0.1) is 0 Å². The molecule has 2 atom stereocenters. The number of hydrogen-bond acceptors (Lipinski definition) is 4. The third-order valence-corrected chi connectivity index (χ3v) is 5.68. The first-order valence-corrected chi connectivity index (χ1v) is 8.23. The molecule has 1 aliphatic heterocycles. The smallest absolute Gasteiger partial charge is 0.307 e. The van der Waals surface area contributed by atoms with Gasteiger partial charge in [-0.2, -0.15) is 4.31 Å². The molecule has 1 aromatic carbocycles. The molecule has 1 aromatic rings. The van der Waals surface area contributed by atoms with Crippen molar-refractivity contribution in [3.05, 3.63) is 29.8 Å². The number of aliphatic carboxylic acids is 1. The molecule has 1 heterocycles. The zero-order chi connectivity index (χ0) is 15.6. The Morgan fingerprint density at radius 1 is 1.33 bits per heavy atom. The van der Waals surface area contributed by atoms with Gasteiger partial charge in [0.05, 0.1) is 17.4 Å². The van der Waals surface area contributed by atoms with Crippen molar-refractivity contribution in [2.24, 2.45) is 5.92 Å². The Balaban J connectivity index is 2.18. The second kappa shape index (κ2) is 6.13. The van der Waals surface area contributed by atoms with Crippen molar-refractivity contribution < 1.29 is 23.4 Å². The summed E-state index contributed by atoms with van der Waals surface area (Å²) in [6.07, 6.45) is -0.169. The van der Waals surface area contributed by atoms with Crippen LogP contribution in [-0.4, -0.2) is 48.1 Å². The molecule has 1 aliphatic rings. The summed E-state index contributed by atoms with van der Waals surface area (Å²) >= 11 is 0. The Morgan fingerprint density at radius 3 is 2.48 bits per heavy atom. The fourth-order valence-electron chi connectivity index (χ4n) is 2.34. The molecule has 0 aliphatic carbocycles. The van der Waals surface area contributed by atoms with Crippen LogP contribution in [0.15, 0.2) is 29.2 Å². The van der Waals surface area contributed by atoms with Gasteiger partial charge in [-0.3, -0.25) is 4.79 Å². The molecule has 2 rings (SSSR count). The number of rotatable bonds is 4. The molecule has 7 heteroatoms. The minimum absolute atomic E-state index is 0.0920. The molecule has 2 N–H and O–H groups in total. The summed E-state index contributed by atoms with van der Waals surface area (Å²) in [7, 11) is -3.64. The largest absolute Gasteiger partial charge is 0.481 e. The number of hydrogen-bond donors (Lipinski definition) is 2. The Morgan fingerprint density at radius 2 is 1.95 bits per heavy atom. The summed E-state index contributed by atoms with van der Waals surface area (Å²) in [5.41, 5.74) is 0.550. The van der Waals surface area contributed by atoms with E-state index in [2.05, 4.69) is 0 Å². The fourth-order valence-corrected chi connectivity index (χ4v) is 3.81. The molecule has 0 radical (unpaired) electrons. The van der Waals surface area contributed by atoms with Crippen molar-refractivity contribution in [1.29, 1.82) is 0 Å². The number of benzene rings is 1. The van der Waals surface area contributed by atoms with E-state index in [-0.39, 0.29) is 23.8 Å². The van der Waals surface area contributed by atoms with Crippen LogP contribution in [0, 0.1) is 5.92 Å². The van der Waals surface area contributed by atoms with Crippen LogP contribution in [0.5, 0.6) is 0 Å². The van der Waals surface area contributed by atoms with Crippen LogP contribution < -0.4 is 0 Å². The summed E-state index contributed by atoms with van der Waals surface area (Å²) in [5, 5.41) is 18.5.